The van der Waals surface area contributed by atoms with Crippen molar-refractivity contribution < 1.29 is 23.8 Å². The Labute approximate surface area is 159 Å². The number of carbonyl (C=O) groups excluding carboxylic acids is 2. The number of hydrogen-bond acceptors (Lipinski definition) is 9. The Morgan fingerprint density at radius 2 is 2.04 bits per heavy atom. The van der Waals surface area contributed by atoms with Gasteiger partial charge in [-0.05, 0) is 18.6 Å². The van der Waals surface area contributed by atoms with Gasteiger partial charge in [0.25, 0.3) is 5.91 Å². The van der Waals surface area contributed by atoms with Gasteiger partial charge >= 0.3 is 5.97 Å². The van der Waals surface area contributed by atoms with Crippen LogP contribution in [0.2, 0.25) is 0 Å². The zero-order valence-electron chi connectivity index (χ0n) is 14.6. The third-order valence-electron chi connectivity index (χ3n) is 3.16. The second-order valence-electron chi connectivity index (χ2n) is 4.92. The summed E-state index contributed by atoms with van der Waals surface area (Å²) < 4.78 is 16.0. The summed E-state index contributed by atoms with van der Waals surface area (Å²) >= 11 is 2.38. The molecule has 0 aliphatic heterocycles. The first kappa shape index (κ1) is 20.0. The fourth-order valence-electron chi connectivity index (χ4n) is 1.85. The Balaban J connectivity index is 1.94. The number of amides is 1. The lowest BCUT2D eigenvalue weighted by molar-refractivity contribution is -0.137. The van der Waals surface area contributed by atoms with Crippen molar-refractivity contribution in [3.05, 3.63) is 24.3 Å². The molecule has 0 saturated heterocycles. The second kappa shape index (κ2) is 9.97. The largest absolute Gasteiger partial charge is 0.497 e. The minimum atomic E-state index is -0.683. The van der Waals surface area contributed by atoms with Crippen LogP contribution in [-0.2, 0) is 14.3 Å². The molecule has 26 heavy (non-hydrogen) atoms. The zero-order chi connectivity index (χ0) is 18.9. The highest BCUT2D eigenvalue weighted by Crippen LogP contribution is 2.26. The number of hydrogen-bond donors (Lipinski definition) is 1. The molecule has 0 fully saturated rings. The van der Waals surface area contributed by atoms with Crippen LogP contribution in [0.4, 0.5) is 5.13 Å². The smallest absolute Gasteiger partial charge is 0.316 e. The number of benzene rings is 1. The molecule has 0 saturated carbocycles. The number of thioether (sulfide) groups is 1. The Morgan fingerprint density at radius 1 is 1.27 bits per heavy atom. The van der Waals surface area contributed by atoms with Gasteiger partial charge in [0, 0.05) is 6.07 Å². The fraction of sp³-hybridized carbons (Fsp3) is 0.375. The maximum atomic E-state index is 12.4. The van der Waals surface area contributed by atoms with Crippen molar-refractivity contribution in [1.29, 1.82) is 0 Å². The number of rotatable bonds is 9. The van der Waals surface area contributed by atoms with Crippen molar-refractivity contribution in [2.45, 2.75) is 23.8 Å². The highest BCUT2D eigenvalue weighted by molar-refractivity contribution is 8.01. The van der Waals surface area contributed by atoms with Crippen molar-refractivity contribution in [1.82, 2.24) is 10.2 Å². The number of esters is 1. The van der Waals surface area contributed by atoms with Crippen molar-refractivity contribution in [2.75, 3.05) is 25.3 Å². The second-order valence-corrected chi connectivity index (χ2v) is 7.12. The van der Waals surface area contributed by atoms with Gasteiger partial charge in [-0.2, -0.15) is 0 Å². The molecule has 0 radical (unpaired) electrons. The first-order valence-corrected chi connectivity index (χ1v) is 9.50. The third kappa shape index (κ3) is 5.88. The van der Waals surface area contributed by atoms with Crippen LogP contribution in [0.25, 0.3) is 0 Å². The minimum absolute atomic E-state index is 0.135. The normalized spacial score (nSPS) is 11.5. The van der Waals surface area contributed by atoms with Gasteiger partial charge in [-0.15, -0.1) is 10.2 Å². The topological polar surface area (TPSA) is 99.6 Å². The van der Waals surface area contributed by atoms with E-state index in [0.29, 0.717) is 27.4 Å². The van der Waals surface area contributed by atoms with E-state index in [0.717, 1.165) is 0 Å². The molecule has 1 aromatic carbocycles. The predicted octanol–water partition coefficient (Wildman–Crippen LogP) is 2.61. The van der Waals surface area contributed by atoms with Gasteiger partial charge in [-0.25, -0.2) is 0 Å². The van der Waals surface area contributed by atoms with Gasteiger partial charge < -0.3 is 14.2 Å². The molecule has 1 aromatic heterocycles. The molecule has 1 heterocycles. The molecule has 8 nitrogen and oxygen atoms in total. The van der Waals surface area contributed by atoms with Crippen LogP contribution in [0.15, 0.2) is 28.6 Å². The Kier molecular flexibility index (Phi) is 7.67. The molecule has 2 aromatic rings. The highest BCUT2D eigenvalue weighted by atomic mass is 32.2. The standard InChI is InChI=1S/C16H19N3O5S2/c1-4-12(24-11-7-5-6-10(8-11)22-2)14(21)17-15-18-19-16(26-15)25-9-13(20)23-3/h5-8,12H,4,9H2,1-3H3,(H,17,18,21)/t12-/m0/s1. The number of ether oxygens (including phenoxy) is 3. The molecule has 0 unspecified atom stereocenters. The molecule has 1 N–H and O–H groups in total. The summed E-state index contributed by atoms with van der Waals surface area (Å²) in [5, 5.41) is 10.8. The van der Waals surface area contributed by atoms with E-state index in [4.69, 9.17) is 9.47 Å². The van der Waals surface area contributed by atoms with E-state index in [9.17, 15) is 9.59 Å². The number of nitrogens with one attached hydrogen (secondary N) is 1. The molecule has 0 aliphatic rings. The molecule has 1 amide bonds. The van der Waals surface area contributed by atoms with Gasteiger partial charge in [0.15, 0.2) is 10.4 Å². The van der Waals surface area contributed by atoms with Crippen LogP contribution in [-0.4, -0.2) is 48.2 Å². The van der Waals surface area contributed by atoms with Gasteiger partial charge in [0.1, 0.15) is 11.5 Å². The maximum absolute atomic E-state index is 12.4. The van der Waals surface area contributed by atoms with Crippen LogP contribution in [0, 0.1) is 0 Å². The molecule has 2 rings (SSSR count). The van der Waals surface area contributed by atoms with Crippen molar-refractivity contribution in [2.24, 2.45) is 0 Å². The molecule has 140 valence electrons. The van der Waals surface area contributed by atoms with Crippen LogP contribution in [0.3, 0.4) is 0 Å². The maximum Gasteiger partial charge on any atom is 0.316 e. The van der Waals surface area contributed by atoms with E-state index >= 15 is 0 Å². The van der Waals surface area contributed by atoms with Gasteiger partial charge in [-0.3, -0.25) is 14.9 Å². The van der Waals surface area contributed by atoms with Crippen molar-refractivity contribution in [3.8, 4) is 11.5 Å². The predicted molar refractivity (Wildman–Crippen MR) is 99.0 cm³/mol. The van der Waals surface area contributed by atoms with E-state index in [-0.39, 0.29) is 17.6 Å². The number of anilines is 1. The SMILES string of the molecule is CC[C@H](Oc1cccc(OC)c1)C(=O)Nc1nnc(SCC(=O)OC)s1. The van der Waals surface area contributed by atoms with Crippen molar-refractivity contribution >= 4 is 40.1 Å². The summed E-state index contributed by atoms with van der Waals surface area (Å²) in [6, 6.07) is 7.05. The average molecular weight is 397 g/mol. The summed E-state index contributed by atoms with van der Waals surface area (Å²) in [6.45, 7) is 1.85. The summed E-state index contributed by atoms with van der Waals surface area (Å²) in [6.07, 6.45) is -0.205. The summed E-state index contributed by atoms with van der Waals surface area (Å²) in [7, 11) is 2.89. The number of aromatic nitrogens is 2. The Bertz CT molecular complexity index is 753. The van der Waals surface area contributed by atoms with Gasteiger partial charge in [0.05, 0.1) is 20.0 Å². The van der Waals surface area contributed by atoms with E-state index < -0.39 is 6.10 Å². The first-order chi connectivity index (χ1) is 12.5. The molecule has 0 bridgehead atoms. The Morgan fingerprint density at radius 3 is 2.73 bits per heavy atom. The average Bonchev–Trinajstić information content (AvgIpc) is 3.11. The summed E-state index contributed by atoms with van der Waals surface area (Å²) in [5.41, 5.74) is 0. The monoisotopic (exact) mass is 397 g/mol. The first-order valence-electron chi connectivity index (χ1n) is 7.70. The van der Waals surface area contributed by atoms with Crippen LogP contribution in [0.1, 0.15) is 13.3 Å². The van der Waals surface area contributed by atoms with E-state index in [1.807, 2.05) is 6.92 Å². The van der Waals surface area contributed by atoms with Gasteiger partial charge in [0.2, 0.25) is 5.13 Å². The molecular weight excluding hydrogens is 378 g/mol. The number of methoxy groups -OCH3 is 2. The minimum Gasteiger partial charge on any atom is -0.497 e. The number of carbonyl (C=O) groups is 2. The fourth-order valence-corrected chi connectivity index (χ4v) is 3.43. The van der Waals surface area contributed by atoms with Crippen LogP contribution >= 0.6 is 23.1 Å². The summed E-state index contributed by atoms with van der Waals surface area (Å²) in [4.78, 5) is 23.6. The van der Waals surface area contributed by atoms with E-state index in [2.05, 4.69) is 20.3 Å². The highest BCUT2D eigenvalue weighted by Gasteiger charge is 2.20. The zero-order valence-corrected chi connectivity index (χ0v) is 16.2. The Hall–Kier alpha value is -2.33. The lowest BCUT2D eigenvalue weighted by Crippen LogP contribution is -2.32. The lowest BCUT2D eigenvalue weighted by Gasteiger charge is -2.16. The summed E-state index contributed by atoms with van der Waals surface area (Å²) in [5.74, 6) is 0.645. The third-order valence-corrected chi connectivity index (χ3v) is 5.11. The van der Waals surface area contributed by atoms with Crippen LogP contribution in [0.5, 0.6) is 11.5 Å². The number of nitrogens with zero attached hydrogens (tertiary/aromatic N) is 2. The molecule has 0 aliphatic carbocycles. The van der Waals surface area contributed by atoms with Crippen molar-refractivity contribution in [3.63, 3.8) is 0 Å². The lowest BCUT2D eigenvalue weighted by atomic mass is 10.2. The quantitative estimate of drug-likeness (QED) is 0.392. The van der Waals surface area contributed by atoms with E-state index in [1.54, 1.807) is 31.4 Å². The molecule has 1 atom stereocenters. The van der Waals surface area contributed by atoms with E-state index in [1.165, 1.54) is 30.2 Å². The van der Waals surface area contributed by atoms with Gasteiger partial charge in [-0.1, -0.05) is 36.1 Å². The van der Waals surface area contributed by atoms with Crippen LogP contribution < -0.4 is 14.8 Å². The molecular formula is C16H19N3O5S2. The molecule has 0 spiro atoms. The molecule has 10 heteroatoms.